The number of hydrogen-bond acceptors (Lipinski definition) is 5. The SMILES string of the molecule is Cc1ccc(CN(Cc2nc(C(=O)NCc3ccco3)co2)[C@H](C)c2ccccc2)c(C)c1. The van der Waals surface area contributed by atoms with Crippen LogP contribution in [-0.4, -0.2) is 15.8 Å². The summed E-state index contributed by atoms with van der Waals surface area (Å²) in [6.45, 7) is 7.95. The number of nitrogens with zero attached hydrogens (tertiary/aromatic N) is 2. The Kier molecular flexibility index (Phi) is 7.05. The third-order valence-electron chi connectivity index (χ3n) is 5.83. The van der Waals surface area contributed by atoms with Crippen molar-refractivity contribution in [2.75, 3.05) is 0 Å². The number of aryl methyl sites for hydroxylation is 2. The maximum Gasteiger partial charge on any atom is 0.273 e. The van der Waals surface area contributed by atoms with Gasteiger partial charge in [-0.2, -0.15) is 0 Å². The maximum atomic E-state index is 12.5. The van der Waals surface area contributed by atoms with Crippen LogP contribution in [0.5, 0.6) is 0 Å². The van der Waals surface area contributed by atoms with Crippen molar-refractivity contribution >= 4 is 5.91 Å². The molecule has 0 radical (unpaired) electrons. The minimum Gasteiger partial charge on any atom is -0.467 e. The number of carbonyl (C=O) groups excluding carboxylic acids is 1. The van der Waals surface area contributed by atoms with Crippen molar-refractivity contribution in [2.24, 2.45) is 0 Å². The van der Waals surface area contributed by atoms with Gasteiger partial charge < -0.3 is 14.2 Å². The van der Waals surface area contributed by atoms with Gasteiger partial charge in [0.2, 0.25) is 5.89 Å². The number of hydrogen-bond donors (Lipinski definition) is 1. The average molecular weight is 444 g/mol. The van der Waals surface area contributed by atoms with E-state index < -0.39 is 0 Å². The molecule has 0 unspecified atom stereocenters. The first kappa shape index (κ1) is 22.6. The van der Waals surface area contributed by atoms with E-state index in [9.17, 15) is 4.79 Å². The standard InChI is InChI=1S/C27H29N3O3/c1-19-11-12-23(20(2)14-19)16-30(21(3)22-8-5-4-6-9-22)17-26-29-25(18-33-26)27(31)28-15-24-10-7-13-32-24/h4-14,18,21H,15-17H2,1-3H3,(H,28,31)/t21-/m1/s1. The van der Waals surface area contributed by atoms with Gasteiger partial charge in [0.25, 0.3) is 5.91 Å². The topological polar surface area (TPSA) is 71.5 Å². The lowest BCUT2D eigenvalue weighted by Crippen LogP contribution is -2.27. The molecule has 2 aromatic carbocycles. The van der Waals surface area contributed by atoms with E-state index in [2.05, 4.69) is 66.3 Å². The summed E-state index contributed by atoms with van der Waals surface area (Å²) in [6, 6.07) is 20.6. The first-order valence-electron chi connectivity index (χ1n) is 11.1. The third kappa shape index (κ3) is 5.79. The van der Waals surface area contributed by atoms with Gasteiger partial charge in [0.1, 0.15) is 12.0 Å². The molecule has 2 aromatic heterocycles. The van der Waals surface area contributed by atoms with Crippen LogP contribution in [0.25, 0.3) is 0 Å². The molecule has 0 aliphatic carbocycles. The summed E-state index contributed by atoms with van der Waals surface area (Å²) in [7, 11) is 0. The predicted octanol–water partition coefficient (Wildman–Crippen LogP) is 5.58. The molecule has 4 rings (SSSR count). The zero-order chi connectivity index (χ0) is 23.2. The van der Waals surface area contributed by atoms with Crippen molar-refractivity contribution in [1.82, 2.24) is 15.2 Å². The summed E-state index contributed by atoms with van der Waals surface area (Å²) in [5.41, 5.74) is 5.23. The van der Waals surface area contributed by atoms with Crippen LogP contribution in [0, 0.1) is 13.8 Å². The Morgan fingerprint density at radius 1 is 1.03 bits per heavy atom. The van der Waals surface area contributed by atoms with Gasteiger partial charge >= 0.3 is 0 Å². The second-order valence-corrected chi connectivity index (χ2v) is 8.31. The molecule has 33 heavy (non-hydrogen) atoms. The molecular weight excluding hydrogens is 414 g/mol. The van der Waals surface area contributed by atoms with E-state index in [1.165, 1.54) is 28.5 Å². The number of oxazole rings is 1. The number of amides is 1. The molecule has 0 saturated heterocycles. The van der Waals surface area contributed by atoms with Crippen LogP contribution < -0.4 is 5.32 Å². The van der Waals surface area contributed by atoms with Gasteiger partial charge in [0.15, 0.2) is 5.69 Å². The van der Waals surface area contributed by atoms with Crippen LogP contribution in [0.3, 0.4) is 0 Å². The summed E-state index contributed by atoms with van der Waals surface area (Å²) in [4.78, 5) is 19.2. The highest BCUT2D eigenvalue weighted by Crippen LogP contribution is 2.25. The summed E-state index contributed by atoms with van der Waals surface area (Å²) < 4.78 is 10.9. The second-order valence-electron chi connectivity index (χ2n) is 8.31. The molecule has 0 bridgehead atoms. The smallest absolute Gasteiger partial charge is 0.273 e. The maximum absolute atomic E-state index is 12.5. The summed E-state index contributed by atoms with van der Waals surface area (Å²) in [5, 5.41) is 2.80. The highest BCUT2D eigenvalue weighted by atomic mass is 16.3. The first-order chi connectivity index (χ1) is 16.0. The van der Waals surface area contributed by atoms with Gasteiger partial charge in [0.05, 0.1) is 19.4 Å². The number of aromatic nitrogens is 1. The van der Waals surface area contributed by atoms with Gasteiger partial charge in [-0.3, -0.25) is 9.69 Å². The zero-order valence-corrected chi connectivity index (χ0v) is 19.2. The molecule has 6 nitrogen and oxygen atoms in total. The van der Waals surface area contributed by atoms with Gasteiger partial charge in [-0.05, 0) is 49.6 Å². The van der Waals surface area contributed by atoms with Crippen molar-refractivity contribution in [3.05, 3.63) is 113 Å². The van der Waals surface area contributed by atoms with Crippen LogP contribution in [0.4, 0.5) is 0 Å². The van der Waals surface area contributed by atoms with Crippen molar-refractivity contribution in [3.63, 3.8) is 0 Å². The predicted molar refractivity (Wildman–Crippen MR) is 126 cm³/mol. The fourth-order valence-electron chi connectivity index (χ4n) is 3.85. The van der Waals surface area contributed by atoms with E-state index in [0.717, 1.165) is 6.54 Å². The van der Waals surface area contributed by atoms with Crippen LogP contribution in [0.15, 0.2) is 82.0 Å². The van der Waals surface area contributed by atoms with Crippen molar-refractivity contribution in [1.29, 1.82) is 0 Å². The van der Waals surface area contributed by atoms with Crippen LogP contribution in [-0.2, 0) is 19.6 Å². The van der Waals surface area contributed by atoms with Crippen LogP contribution in [0.2, 0.25) is 0 Å². The Labute approximate surface area is 194 Å². The average Bonchev–Trinajstić information content (AvgIpc) is 3.51. The molecule has 2 heterocycles. The lowest BCUT2D eigenvalue weighted by atomic mass is 10.0. The third-order valence-corrected chi connectivity index (χ3v) is 5.83. The Balaban J connectivity index is 1.50. The zero-order valence-electron chi connectivity index (χ0n) is 19.2. The Hall–Kier alpha value is -3.64. The molecule has 0 saturated carbocycles. The highest BCUT2D eigenvalue weighted by Gasteiger charge is 2.21. The first-order valence-corrected chi connectivity index (χ1v) is 11.1. The lowest BCUT2D eigenvalue weighted by Gasteiger charge is -2.29. The quantitative estimate of drug-likeness (QED) is 0.366. The second kappa shape index (κ2) is 10.3. The van der Waals surface area contributed by atoms with Gasteiger partial charge in [-0.15, -0.1) is 0 Å². The largest absolute Gasteiger partial charge is 0.467 e. The van der Waals surface area contributed by atoms with Crippen molar-refractivity contribution in [2.45, 2.75) is 46.4 Å². The monoisotopic (exact) mass is 443 g/mol. The number of nitrogens with one attached hydrogen (secondary N) is 1. The van der Waals surface area contributed by atoms with E-state index in [0.29, 0.717) is 24.7 Å². The van der Waals surface area contributed by atoms with Crippen molar-refractivity contribution in [3.8, 4) is 0 Å². The number of carbonyl (C=O) groups is 1. The number of rotatable bonds is 9. The molecular formula is C27H29N3O3. The lowest BCUT2D eigenvalue weighted by molar-refractivity contribution is 0.0943. The fraction of sp³-hybridized carbons (Fsp3) is 0.259. The van der Waals surface area contributed by atoms with Gasteiger partial charge in [-0.25, -0.2) is 4.98 Å². The van der Waals surface area contributed by atoms with Gasteiger partial charge in [0, 0.05) is 12.6 Å². The van der Waals surface area contributed by atoms with Crippen LogP contribution >= 0.6 is 0 Å². The highest BCUT2D eigenvalue weighted by molar-refractivity contribution is 5.91. The van der Waals surface area contributed by atoms with E-state index in [4.69, 9.17) is 8.83 Å². The minimum atomic E-state index is -0.293. The Morgan fingerprint density at radius 3 is 2.58 bits per heavy atom. The normalized spacial score (nSPS) is 12.1. The Bertz CT molecular complexity index is 1180. The molecule has 0 aliphatic heterocycles. The molecule has 0 spiro atoms. The Morgan fingerprint density at radius 2 is 1.85 bits per heavy atom. The molecule has 0 fully saturated rings. The molecule has 1 amide bonds. The van der Waals surface area contributed by atoms with Crippen LogP contribution in [0.1, 0.15) is 57.4 Å². The van der Waals surface area contributed by atoms with E-state index in [1.54, 1.807) is 12.3 Å². The fourth-order valence-corrected chi connectivity index (χ4v) is 3.85. The summed E-state index contributed by atoms with van der Waals surface area (Å²) in [5.74, 6) is 0.896. The number of benzene rings is 2. The van der Waals surface area contributed by atoms with E-state index in [1.807, 2.05) is 24.3 Å². The number of furan rings is 1. The summed E-state index contributed by atoms with van der Waals surface area (Å²) >= 11 is 0. The molecule has 4 aromatic rings. The minimum absolute atomic E-state index is 0.134. The molecule has 6 heteroatoms. The van der Waals surface area contributed by atoms with E-state index >= 15 is 0 Å². The molecule has 0 aliphatic rings. The molecule has 1 N–H and O–H groups in total. The van der Waals surface area contributed by atoms with Crippen molar-refractivity contribution < 1.29 is 13.6 Å². The summed E-state index contributed by atoms with van der Waals surface area (Å²) in [6.07, 6.45) is 2.99. The molecule has 1 atom stereocenters. The van der Waals surface area contributed by atoms with E-state index in [-0.39, 0.29) is 17.6 Å². The van der Waals surface area contributed by atoms with Gasteiger partial charge in [-0.1, -0.05) is 54.1 Å². The molecule has 170 valence electrons.